The van der Waals surface area contributed by atoms with Crippen molar-refractivity contribution in [2.45, 2.75) is 32.1 Å². The van der Waals surface area contributed by atoms with Gasteiger partial charge in [-0.1, -0.05) is 24.6 Å². The molecule has 1 aliphatic rings. The lowest BCUT2D eigenvalue weighted by molar-refractivity contribution is 0.241. The largest absolute Gasteiger partial charge is 0.316 e. The van der Waals surface area contributed by atoms with Crippen LogP contribution in [-0.2, 0) is 0 Å². The fourth-order valence-corrected chi connectivity index (χ4v) is 2.65. The number of rotatable bonds is 5. The number of nitrogens with one attached hydrogen (secondary N) is 1. The van der Waals surface area contributed by atoms with Gasteiger partial charge in [-0.05, 0) is 61.9 Å². The molecule has 1 saturated carbocycles. The van der Waals surface area contributed by atoms with Crippen molar-refractivity contribution in [1.29, 1.82) is 0 Å². The third-order valence-electron chi connectivity index (χ3n) is 3.61. The van der Waals surface area contributed by atoms with Gasteiger partial charge in [-0.3, -0.25) is 0 Å². The third-order valence-corrected chi connectivity index (χ3v) is 3.85. The van der Waals surface area contributed by atoms with Crippen molar-refractivity contribution in [1.82, 2.24) is 5.32 Å². The Balaban J connectivity index is 1.97. The van der Waals surface area contributed by atoms with Crippen molar-refractivity contribution in [2.24, 2.45) is 5.92 Å². The molecule has 0 radical (unpaired) electrons. The van der Waals surface area contributed by atoms with Gasteiger partial charge in [0, 0.05) is 5.02 Å². The summed E-state index contributed by atoms with van der Waals surface area (Å²) < 4.78 is 13.8. The van der Waals surface area contributed by atoms with Crippen molar-refractivity contribution in [3.63, 3.8) is 0 Å². The van der Waals surface area contributed by atoms with Crippen LogP contribution in [-0.4, -0.2) is 13.1 Å². The molecule has 1 N–H and O–H groups in total. The Morgan fingerprint density at radius 2 is 2.24 bits per heavy atom. The number of hydrogen-bond donors (Lipinski definition) is 1. The predicted molar refractivity (Wildman–Crippen MR) is 70.0 cm³/mol. The quantitative estimate of drug-likeness (QED) is 0.785. The van der Waals surface area contributed by atoms with E-state index >= 15 is 0 Å². The van der Waals surface area contributed by atoms with Gasteiger partial charge in [0.1, 0.15) is 5.82 Å². The Hall–Kier alpha value is -0.600. The molecule has 1 fully saturated rings. The molecule has 1 aliphatic carbocycles. The zero-order valence-corrected chi connectivity index (χ0v) is 10.9. The van der Waals surface area contributed by atoms with Crippen molar-refractivity contribution in [2.75, 3.05) is 13.1 Å². The normalized spacial score (nSPS) is 23.5. The molecule has 2 unspecified atom stereocenters. The predicted octanol–water partition coefficient (Wildman–Crippen LogP) is 3.97. The minimum atomic E-state index is -0.150. The maximum Gasteiger partial charge on any atom is 0.128 e. The summed E-state index contributed by atoms with van der Waals surface area (Å²) in [4.78, 5) is 0. The van der Waals surface area contributed by atoms with Crippen molar-refractivity contribution in [3.05, 3.63) is 34.6 Å². The van der Waals surface area contributed by atoms with E-state index in [2.05, 4.69) is 12.2 Å². The van der Waals surface area contributed by atoms with Gasteiger partial charge >= 0.3 is 0 Å². The van der Waals surface area contributed by atoms with Crippen LogP contribution in [0.4, 0.5) is 4.39 Å². The maximum absolute atomic E-state index is 13.8. The fourth-order valence-electron chi connectivity index (χ4n) is 2.49. The van der Waals surface area contributed by atoms with Crippen LogP contribution in [0.2, 0.25) is 5.02 Å². The zero-order valence-electron chi connectivity index (χ0n) is 10.2. The molecule has 0 amide bonds. The number of halogens is 2. The van der Waals surface area contributed by atoms with Gasteiger partial charge in [0.15, 0.2) is 0 Å². The smallest absolute Gasteiger partial charge is 0.128 e. The Bertz CT molecular complexity index is 380. The minimum absolute atomic E-state index is 0.150. The summed E-state index contributed by atoms with van der Waals surface area (Å²) in [6.45, 7) is 4.21. The second-order valence-corrected chi connectivity index (χ2v) is 5.25. The van der Waals surface area contributed by atoms with E-state index in [0.29, 0.717) is 16.9 Å². The van der Waals surface area contributed by atoms with E-state index in [4.69, 9.17) is 11.6 Å². The Morgan fingerprint density at radius 1 is 1.41 bits per heavy atom. The van der Waals surface area contributed by atoms with Gasteiger partial charge in [0.25, 0.3) is 0 Å². The molecule has 0 aliphatic heterocycles. The molecular formula is C14H19ClFN. The molecule has 0 heterocycles. The van der Waals surface area contributed by atoms with Crippen LogP contribution >= 0.6 is 11.6 Å². The van der Waals surface area contributed by atoms with Gasteiger partial charge in [-0.15, -0.1) is 0 Å². The van der Waals surface area contributed by atoms with Crippen molar-refractivity contribution >= 4 is 11.6 Å². The van der Waals surface area contributed by atoms with Crippen LogP contribution in [0.3, 0.4) is 0 Å². The molecule has 3 heteroatoms. The second-order valence-electron chi connectivity index (χ2n) is 4.81. The summed E-state index contributed by atoms with van der Waals surface area (Å²) >= 11 is 5.77. The Labute approximate surface area is 107 Å². The second kappa shape index (κ2) is 5.83. The van der Waals surface area contributed by atoms with Crippen LogP contribution in [0.15, 0.2) is 18.2 Å². The average Bonchev–Trinajstić information content (AvgIpc) is 2.26. The van der Waals surface area contributed by atoms with E-state index < -0.39 is 0 Å². The lowest BCUT2D eigenvalue weighted by Crippen LogP contribution is -2.34. The van der Waals surface area contributed by atoms with E-state index in [-0.39, 0.29) is 5.82 Å². The zero-order chi connectivity index (χ0) is 12.3. The molecule has 0 aromatic heterocycles. The van der Waals surface area contributed by atoms with Gasteiger partial charge in [0.05, 0.1) is 0 Å². The van der Waals surface area contributed by atoms with Crippen LogP contribution in [0.5, 0.6) is 0 Å². The molecule has 1 aromatic carbocycles. The Kier molecular flexibility index (Phi) is 4.41. The highest BCUT2D eigenvalue weighted by Crippen LogP contribution is 2.43. The lowest BCUT2D eigenvalue weighted by Gasteiger charge is -2.37. The van der Waals surface area contributed by atoms with E-state index in [0.717, 1.165) is 31.5 Å². The highest BCUT2D eigenvalue weighted by Gasteiger charge is 2.33. The maximum atomic E-state index is 13.8. The van der Waals surface area contributed by atoms with E-state index in [1.165, 1.54) is 12.5 Å². The fraction of sp³-hybridized carbons (Fsp3) is 0.571. The first-order valence-electron chi connectivity index (χ1n) is 6.38. The first kappa shape index (κ1) is 12.8. The molecule has 17 heavy (non-hydrogen) atoms. The van der Waals surface area contributed by atoms with Gasteiger partial charge in [0.2, 0.25) is 0 Å². The summed E-state index contributed by atoms with van der Waals surface area (Å²) in [5.74, 6) is 0.802. The Morgan fingerprint density at radius 3 is 2.82 bits per heavy atom. The van der Waals surface area contributed by atoms with Crippen LogP contribution in [0, 0.1) is 11.7 Å². The highest BCUT2D eigenvalue weighted by atomic mass is 35.5. The van der Waals surface area contributed by atoms with Crippen molar-refractivity contribution in [3.8, 4) is 0 Å². The minimum Gasteiger partial charge on any atom is -0.316 e. The van der Waals surface area contributed by atoms with Crippen LogP contribution in [0.25, 0.3) is 0 Å². The average molecular weight is 256 g/mol. The summed E-state index contributed by atoms with van der Waals surface area (Å²) in [5, 5.41) is 3.90. The first-order chi connectivity index (χ1) is 8.22. The van der Waals surface area contributed by atoms with Crippen LogP contribution in [0.1, 0.15) is 37.7 Å². The molecule has 0 bridgehead atoms. The molecule has 1 nitrogen and oxygen atoms in total. The molecule has 0 saturated heterocycles. The lowest BCUT2D eigenvalue weighted by atomic mass is 9.70. The van der Waals surface area contributed by atoms with E-state index in [1.54, 1.807) is 6.07 Å². The third kappa shape index (κ3) is 2.99. The number of hydrogen-bond acceptors (Lipinski definition) is 1. The van der Waals surface area contributed by atoms with Gasteiger partial charge < -0.3 is 5.32 Å². The van der Waals surface area contributed by atoms with E-state index in [9.17, 15) is 4.39 Å². The molecule has 0 spiro atoms. The summed E-state index contributed by atoms with van der Waals surface area (Å²) in [7, 11) is 0. The summed E-state index contributed by atoms with van der Waals surface area (Å²) in [6.07, 6.45) is 3.44. The molecule has 94 valence electrons. The summed E-state index contributed by atoms with van der Waals surface area (Å²) in [6, 6.07) is 5.05. The molecular weight excluding hydrogens is 237 g/mol. The number of benzene rings is 1. The van der Waals surface area contributed by atoms with Crippen molar-refractivity contribution < 1.29 is 4.39 Å². The van der Waals surface area contributed by atoms with Gasteiger partial charge in [-0.2, -0.15) is 0 Å². The highest BCUT2D eigenvalue weighted by molar-refractivity contribution is 6.30. The van der Waals surface area contributed by atoms with Gasteiger partial charge in [-0.25, -0.2) is 4.39 Å². The standard InChI is InChI=1S/C14H19ClFN/c1-2-7-17-9-10-3-5-12(10)13-6-4-11(15)8-14(13)16/h4,6,8,10,12,17H,2-3,5,7,9H2,1H3. The molecule has 2 rings (SSSR count). The topological polar surface area (TPSA) is 12.0 Å². The SMILES string of the molecule is CCCNCC1CCC1c1ccc(Cl)cc1F. The molecule has 1 aromatic rings. The first-order valence-corrected chi connectivity index (χ1v) is 6.75. The van der Waals surface area contributed by atoms with E-state index in [1.807, 2.05) is 6.07 Å². The monoisotopic (exact) mass is 255 g/mol. The summed E-state index contributed by atoms with van der Waals surface area (Å²) in [5.41, 5.74) is 0.837. The molecule has 2 atom stereocenters. The van der Waals surface area contributed by atoms with Crippen LogP contribution < -0.4 is 5.32 Å².